The lowest BCUT2D eigenvalue weighted by Gasteiger charge is -2.18. The van der Waals surface area contributed by atoms with Crippen LogP contribution in [0.3, 0.4) is 0 Å². The van der Waals surface area contributed by atoms with E-state index in [0.29, 0.717) is 28.4 Å². The number of imidazole rings is 1. The van der Waals surface area contributed by atoms with Gasteiger partial charge in [0.05, 0.1) is 21.3 Å². The molecule has 0 aliphatic heterocycles. The summed E-state index contributed by atoms with van der Waals surface area (Å²) in [5.41, 5.74) is 9.59. The van der Waals surface area contributed by atoms with Gasteiger partial charge in [-0.3, -0.25) is 4.79 Å². The summed E-state index contributed by atoms with van der Waals surface area (Å²) in [6.07, 6.45) is 4.26. The van der Waals surface area contributed by atoms with Crippen molar-refractivity contribution in [3.8, 4) is 17.0 Å². The van der Waals surface area contributed by atoms with Gasteiger partial charge in [0.2, 0.25) is 0 Å². The Kier molecular flexibility index (Phi) is 8.04. The normalized spacial score (nSPS) is 11.9. The zero-order valence-corrected chi connectivity index (χ0v) is 22.9. The Morgan fingerprint density at radius 1 is 1.16 bits per heavy atom. The highest BCUT2D eigenvalue weighted by Gasteiger charge is 2.16. The predicted octanol–water partition coefficient (Wildman–Crippen LogP) is 6.06. The molecule has 8 nitrogen and oxygen atoms in total. The Balaban J connectivity index is 1.52. The van der Waals surface area contributed by atoms with Gasteiger partial charge in [-0.1, -0.05) is 23.7 Å². The lowest BCUT2D eigenvalue weighted by Crippen LogP contribution is -2.34. The van der Waals surface area contributed by atoms with Gasteiger partial charge in [-0.05, 0) is 85.1 Å². The number of aromatic nitrogens is 2. The zero-order chi connectivity index (χ0) is 26.7. The molecule has 0 saturated carbocycles. The van der Waals surface area contributed by atoms with Gasteiger partial charge in [0.25, 0.3) is 5.91 Å². The van der Waals surface area contributed by atoms with Gasteiger partial charge < -0.3 is 25.5 Å². The van der Waals surface area contributed by atoms with Crippen molar-refractivity contribution in [1.82, 2.24) is 14.7 Å². The van der Waals surface area contributed by atoms with Crippen LogP contribution in [0.25, 0.3) is 16.9 Å². The fourth-order valence-electron chi connectivity index (χ4n) is 3.96. The van der Waals surface area contributed by atoms with Crippen molar-refractivity contribution < 1.29 is 14.3 Å². The van der Waals surface area contributed by atoms with Crippen LogP contribution in [0.15, 0.2) is 65.4 Å². The molecule has 2 aromatic heterocycles. The largest absolute Gasteiger partial charge is 0.489 e. The summed E-state index contributed by atoms with van der Waals surface area (Å²) in [7, 11) is 0. The number of nitrogens with two attached hydrogens (primary N) is 1. The topological polar surface area (TPSA) is 111 Å². The first-order chi connectivity index (χ1) is 17.6. The summed E-state index contributed by atoms with van der Waals surface area (Å²) in [6.45, 7) is 5.70. The van der Waals surface area contributed by atoms with E-state index in [1.165, 1.54) is 0 Å². The highest BCUT2D eigenvalue weighted by atomic mass is 79.9. The van der Waals surface area contributed by atoms with E-state index in [0.717, 1.165) is 26.9 Å². The standard InChI is InChI=1S/C27H27BrClN5O3/c1-15(2)37-24-9-8-19(12-21(24)29)26(35)31-16(3)11-17-6-7-18(13-22(17)33-27(30)36)23-14-34-10-4-5-20(28)25(34)32-23/h4-10,12-16H,11H2,1-3H3,(H,31,35)(H3,30,33,36)/t16-/m0/s1. The predicted molar refractivity (Wildman–Crippen MR) is 149 cm³/mol. The van der Waals surface area contributed by atoms with Crippen LogP contribution >= 0.6 is 27.5 Å². The molecule has 2 aromatic carbocycles. The summed E-state index contributed by atoms with van der Waals surface area (Å²) in [4.78, 5) is 29.2. The van der Waals surface area contributed by atoms with E-state index in [1.54, 1.807) is 18.2 Å². The number of carbonyl (C=O) groups excluding carboxylic acids is 2. The molecule has 192 valence electrons. The maximum absolute atomic E-state index is 12.8. The lowest BCUT2D eigenvalue weighted by atomic mass is 10.0. The number of halogens is 2. The minimum Gasteiger partial charge on any atom is -0.489 e. The fourth-order valence-corrected chi connectivity index (χ4v) is 4.63. The zero-order valence-electron chi connectivity index (χ0n) is 20.6. The van der Waals surface area contributed by atoms with E-state index in [1.807, 2.05) is 67.9 Å². The molecule has 0 saturated heterocycles. The highest BCUT2D eigenvalue weighted by Crippen LogP contribution is 2.29. The molecule has 4 aromatic rings. The molecule has 0 bridgehead atoms. The number of ether oxygens (including phenoxy) is 1. The first-order valence-corrected chi connectivity index (χ1v) is 12.9. The van der Waals surface area contributed by atoms with Crippen molar-refractivity contribution in [3.63, 3.8) is 0 Å². The van der Waals surface area contributed by atoms with Crippen LogP contribution in [0.1, 0.15) is 36.7 Å². The molecule has 1 atom stereocenters. The Morgan fingerprint density at radius 3 is 2.62 bits per heavy atom. The van der Waals surface area contributed by atoms with Gasteiger partial charge in [0.15, 0.2) is 5.65 Å². The molecular formula is C27H27BrClN5O3. The van der Waals surface area contributed by atoms with E-state index in [4.69, 9.17) is 27.1 Å². The van der Waals surface area contributed by atoms with Gasteiger partial charge in [0.1, 0.15) is 5.75 Å². The van der Waals surface area contributed by atoms with Gasteiger partial charge in [-0.15, -0.1) is 0 Å². The number of anilines is 1. The molecule has 3 amide bonds. The quantitative estimate of drug-likeness (QED) is 0.234. The molecule has 37 heavy (non-hydrogen) atoms. The average molecular weight is 585 g/mol. The van der Waals surface area contributed by atoms with Crippen LogP contribution in [0, 0.1) is 0 Å². The van der Waals surface area contributed by atoms with E-state index >= 15 is 0 Å². The molecule has 0 spiro atoms. The molecule has 0 aliphatic rings. The number of primary amides is 1. The van der Waals surface area contributed by atoms with Crippen LogP contribution in [0.5, 0.6) is 5.75 Å². The number of amides is 3. The van der Waals surface area contributed by atoms with Gasteiger partial charge in [-0.2, -0.15) is 0 Å². The monoisotopic (exact) mass is 583 g/mol. The molecule has 0 radical (unpaired) electrons. The van der Waals surface area contributed by atoms with Crippen molar-refractivity contribution in [1.29, 1.82) is 0 Å². The number of rotatable bonds is 8. The van der Waals surface area contributed by atoms with E-state index in [9.17, 15) is 9.59 Å². The van der Waals surface area contributed by atoms with E-state index < -0.39 is 6.03 Å². The van der Waals surface area contributed by atoms with Crippen molar-refractivity contribution >= 4 is 50.8 Å². The summed E-state index contributed by atoms with van der Waals surface area (Å²) in [5, 5.41) is 6.05. The van der Waals surface area contributed by atoms with Crippen LogP contribution in [-0.2, 0) is 6.42 Å². The minimum absolute atomic E-state index is 0.0265. The summed E-state index contributed by atoms with van der Waals surface area (Å²) in [6, 6.07) is 13.5. The molecular weight excluding hydrogens is 558 g/mol. The first-order valence-electron chi connectivity index (χ1n) is 11.7. The maximum atomic E-state index is 12.8. The average Bonchev–Trinajstić information content (AvgIpc) is 3.26. The molecule has 2 heterocycles. The molecule has 0 unspecified atom stereocenters. The number of nitrogens with one attached hydrogen (secondary N) is 2. The lowest BCUT2D eigenvalue weighted by molar-refractivity contribution is 0.0940. The third-order valence-corrected chi connectivity index (χ3v) is 6.47. The SMILES string of the molecule is CC(C)Oc1ccc(C(=O)N[C@@H](C)Cc2ccc(-c3cn4cccc(Br)c4n3)cc2NC(N)=O)cc1Cl. The number of hydrogen-bond donors (Lipinski definition) is 3. The number of nitrogens with zero attached hydrogens (tertiary/aromatic N) is 2. The number of urea groups is 1. The number of fused-ring (bicyclic) bond motifs is 1. The Morgan fingerprint density at radius 2 is 1.95 bits per heavy atom. The summed E-state index contributed by atoms with van der Waals surface area (Å²) >= 11 is 9.80. The van der Waals surface area contributed by atoms with Gasteiger partial charge in [-0.25, -0.2) is 9.78 Å². The van der Waals surface area contributed by atoms with Crippen molar-refractivity contribution in [2.75, 3.05) is 5.32 Å². The van der Waals surface area contributed by atoms with Crippen molar-refractivity contribution in [2.24, 2.45) is 5.73 Å². The second-order valence-electron chi connectivity index (χ2n) is 8.96. The number of carbonyl (C=O) groups is 2. The Hall–Kier alpha value is -3.56. The van der Waals surface area contributed by atoms with Crippen LogP contribution in [-0.4, -0.2) is 33.5 Å². The Bertz CT molecular complexity index is 1470. The third-order valence-electron chi connectivity index (χ3n) is 5.56. The molecule has 4 rings (SSSR count). The summed E-state index contributed by atoms with van der Waals surface area (Å²) < 4.78 is 8.43. The third kappa shape index (κ3) is 6.42. The van der Waals surface area contributed by atoms with Crippen molar-refractivity contribution in [2.45, 2.75) is 39.3 Å². The van der Waals surface area contributed by atoms with Crippen LogP contribution in [0.2, 0.25) is 5.02 Å². The first kappa shape index (κ1) is 26.5. The van der Waals surface area contributed by atoms with Crippen molar-refractivity contribution in [3.05, 3.63) is 81.5 Å². The van der Waals surface area contributed by atoms with Crippen LogP contribution in [0.4, 0.5) is 10.5 Å². The molecule has 10 heteroatoms. The van der Waals surface area contributed by atoms with Gasteiger partial charge in [0, 0.05) is 35.2 Å². The highest BCUT2D eigenvalue weighted by molar-refractivity contribution is 9.10. The summed E-state index contributed by atoms with van der Waals surface area (Å²) in [5.74, 6) is 0.267. The number of hydrogen-bond acceptors (Lipinski definition) is 4. The van der Waals surface area contributed by atoms with E-state index in [2.05, 4.69) is 26.6 Å². The second-order valence-corrected chi connectivity index (χ2v) is 10.2. The Labute approximate surface area is 228 Å². The second kappa shape index (κ2) is 11.2. The molecule has 0 aliphatic carbocycles. The smallest absolute Gasteiger partial charge is 0.316 e. The maximum Gasteiger partial charge on any atom is 0.316 e. The van der Waals surface area contributed by atoms with Crippen LogP contribution < -0.4 is 21.1 Å². The molecule has 0 fully saturated rings. The van der Waals surface area contributed by atoms with Gasteiger partial charge >= 0.3 is 6.03 Å². The fraction of sp³-hybridized carbons (Fsp3) is 0.222. The van der Waals surface area contributed by atoms with E-state index in [-0.39, 0.29) is 18.1 Å². The number of pyridine rings is 1. The minimum atomic E-state index is -0.675. The molecule has 4 N–H and O–H groups in total. The number of benzene rings is 2.